The molecule has 1 aliphatic carbocycles. The number of halogens is 1. The van der Waals surface area contributed by atoms with Gasteiger partial charge in [0.05, 0.1) is 10.2 Å². The second-order valence-corrected chi connectivity index (χ2v) is 6.17. The largest absolute Gasteiger partial charge is 0.358 e. The summed E-state index contributed by atoms with van der Waals surface area (Å²) >= 11 is 1.58. The van der Waals surface area contributed by atoms with Gasteiger partial charge in [-0.25, -0.2) is 9.37 Å². The zero-order valence-corrected chi connectivity index (χ0v) is 11.5. The first kappa shape index (κ1) is 11.9. The van der Waals surface area contributed by atoms with E-state index in [1.54, 1.807) is 17.4 Å². The average molecular weight is 284 g/mol. The Hall–Kier alpha value is -1.94. The van der Waals surface area contributed by atoms with Crippen LogP contribution in [0.25, 0.3) is 10.2 Å². The van der Waals surface area contributed by atoms with E-state index in [9.17, 15) is 4.39 Å². The lowest BCUT2D eigenvalue weighted by Gasteiger charge is -2.01. The number of aromatic nitrogens is 1. The van der Waals surface area contributed by atoms with Gasteiger partial charge in [0.25, 0.3) is 0 Å². The SMILES string of the molecule is Fc1ccc2sc(NC3CC3c3ccccc3)nc2c1. The van der Waals surface area contributed by atoms with Crippen LogP contribution in [-0.2, 0) is 0 Å². The third-order valence-corrected chi connectivity index (χ3v) is 4.64. The van der Waals surface area contributed by atoms with Gasteiger partial charge in [-0.1, -0.05) is 41.7 Å². The fourth-order valence-electron chi connectivity index (χ4n) is 2.54. The molecule has 1 aromatic heterocycles. The van der Waals surface area contributed by atoms with Crippen molar-refractivity contribution in [3.8, 4) is 0 Å². The first-order valence-corrected chi connectivity index (χ1v) is 7.49. The zero-order valence-electron chi connectivity index (χ0n) is 10.7. The van der Waals surface area contributed by atoms with Gasteiger partial charge in [0.1, 0.15) is 5.82 Å². The Kier molecular flexibility index (Phi) is 2.70. The molecule has 0 radical (unpaired) electrons. The summed E-state index contributed by atoms with van der Waals surface area (Å²) in [7, 11) is 0. The van der Waals surface area contributed by atoms with Crippen molar-refractivity contribution >= 4 is 26.7 Å². The maximum atomic E-state index is 13.1. The lowest BCUT2D eigenvalue weighted by molar-refractivity contribution is 0.629. The van der Waals surface area contributed by atoms with Gasteiger partial charge in [0.2, 0.25) is 0 Å². The maximum Gasteiger partial charge on any atom is 0.184 e. The molecule has 20 heavy (non-hydrogen) atoms. The van der Waals surface area contributed by atoms with Crippen LogP contribution in [0.4, 0.5) is 9.52 Å². The van der Waals surface area contributed by atoms with E-state index < -0.39 is 0 Å². The van der Waals surface area contributed by atoms with Crippen molar-refractivity contribution in [2.75, 3.05) is 5.32 Å². The molecule has 1 heterocycles. The van der Waals surface area contributed by atoms with Crippen LogP contribution in [0, 0.1) is 5.82 Å². The number of rotatable bonds is 3. The lowest BCUT2D eigenvalue weighted by atomic mass is 10.1. The first-order valence-electron chi connectivity index (χ1n) is 6.67. The Morgan fingerprint density at radius 3 is 2.85 bits per heavy atom. The highest BCUT2D eigenvalue weighted by molar-refractivity contribution is 7.22. The molecule has 2 nitrogen and oxygen atoms in total. The van der Waals surface area contributed by atoms with E-state index in [-0.39, 0.29) is 5.82 Å². The summed E-state index contributed by atoms with van der Waals surface area (Å²) in [5.41, 5.74) is 2.10. The number of thiazole rings is 1. The van der Waals surface area contributed by atoms with Crippen molar-refractivity contribution in [2.24, 2.45) is 0 Å². The normalized spacial score (nSPS) is 21.1. The second kappa shape index (κ2) is 4.56. The molecule has 0 bridgehead atoms. The molecule has 0 saturated heterocycles. The number of benzene rings is 2. The van der Waals surface area contributed by atoms with Crippen molar-refractivity contribution in [3.63, 3.8) is 0 Å². The van der Waals surface area contributed by atoms with Crippen LogP contribution >= 0.6 is 11.3 Å². The molecular formula is C16H13FN2S. The Balaban J connectivity index is 1.52. The summed E-state index contributed by atoms with van der Waals surface area (Å²) in [5, 5.41) is 4.34. The van der Waals surface area contributed by atoms with Gasteiger partial charge in [-0.3, -0.25) is 0 Å². The summed E-state index contributed by atoms with van der Waals surface area (Å²) in [6.45, 7) is 0. The summed E-state index contributed by atoms with van der Waals surface area (Å²) in [5.74, 6) is 0.336. The third kappa shape index (κ3) is 2.16. The van der Waals surface area contributed by atoms with Gasteiger partial charge in [-0.15, -0.1) is 0 Å². The predicted molar refractivity (Wildman–Crippen MR) is 80.8 cm³/mol. The number of hydrogen-bond acceptors (Lipinski definition) is 3. The Bertz CT molecular complexity index is 754. The molecule has 1 aliphatic rings. The van der Waals surface area contributed by atoms with E-state index in [0.717, 1.165) is 21.8 Å². The van der Waals surface area contributed by atoms with Gasteiger partial charge in [-0.2, -0.15) is 0 Å². The first-order chi connectivity index (χ1) is 9.79. The van der Waals surface area contributed by atoms with Gasteiger partial charge in [0.15, 0.2) is 5.13 Å². The molecular weight excluding hydrogens is 271 g/mol. The van der Waals surface area contributed by atoms with E-state index >= 15 is 0 Å². The zero-order chi connectivity index (χ0) is 13.5. The van der Waals surface area contributed by atoms with Crippen LogP contribution in [-0.4, -0.2) is 11.0 Å². The van der Waals surface area contributed by atoms with E-state index in [2.05, 4.69) is 34.6 Å². The quantitative estimate of drug-likeness (QED) is 0.771. The lowest BCUT2D eigenvalue weighted by Crippen LogP contribution is -2.03. The van der Waals surface area contributed by atoms with Crippen molar-refractivity contribution in [1.82, 2.24) is 4.98 Å². The smallest absolute Gasteiger partial charge is 0.184 e. The summed E-state index contributed by atoms with van der Waals surface area (Å²) in [6.07, 6.45) is 1.13. The van der Waals surface area contributed by atoms with Crippen molar-refractivity contribution < 1.29 is 4.39 Å². The van der Waals surface area contributed by atoms with Crippen molar-refractivity contribution in [2.45, 2.75) is 18.4 Å². The highest BCUT2D eigenvalue weighted by Gasteiger charge is 2.38. The van der Waals surface area contributed by atoms with E-state index in [1.165, 1.54) is 17.7 Å². The van der Waals surface area contributed by atoms with E-state index in [0.29, 0.717) is 12.0 Å². The molecule has 0 aliphatic heterocycles. The van der Waals surface area contributed by atoms with Crippen molar-refractivity contribution in [3.05, 3.63) is 59.9 Å². The molecule has 2 atom stereocenters. The molecule has 1 fully saturated rings. The van der Waals surface area contributed by atoms with Crippen LogP contribution < -0.4 is 5.32 Å². The van der Waals surface area contributed by atoms with E-state index in [4.69, 9.17) is 0 Å². The van der Waals surface area contributed by atoms with Gasteiger partial charge >= 0.3 is 0 Å². The number of hydrogen-bond donors (Lipinski definition) is 1. The Morgan fingerprint density at radius 2 is 2.00 bits per heavy atom. The number of nitrogens with zero attached hydrogens (tertiary/aromatic N) is 1. The van der Waals surface area contributed by atoms with E-state index in [1.807, 2.05) is 6.07 Å². The fraction of sp³-hybridized carbons (Fsp3) is 0.188. The molecule has 1 N–H and O–H groups in total. The molecule has 0 spiro atoms. The molecule has 0 amide bonds. The Morgan fingerprint density at radius 1 is 1.15 bits per heavy atom. The highest BCUT2D eigenvalue weighted by Crippen LogP contribution is 2.43. The molecule has 3 aromatic rings. The van der Waals surface area contributed by atoms with Crippen LogP contribution in [0.15, 0.2) is 48.5 Å². The minimum atomic E-state index is -0.233. The van der Waals surface area contributed by atoms with Gasteiger partial charge in [-0.05, 0) is 24.1 Å². The molecule has 100 valence electrons. The minimum Gasteiger partial charge on any atom is -0.358 e. The summed E-state index contributed by atoms with van der Waals surface area (Å²) in [6, 6.07) is 15.7. The molecule has 4 heteroatoms. The third-order valence-electron chi connectivity index (χ3n) is 3.68. The number of fused-ring (bicyclic) bond motifs is 1. The highest BCUT2D eigenvalue weighted by atomic mass is 32.1. The Labute approximate surface area is 120 Å². The summed E-state index contributed by atoms with van der Waals surface area (Å²) in [4.78, 5) is 4.45. The monoisotopic (exact) mass is 284 g/mol. The topological polar surface area (TPSA) is 24.9 Å². The summed E-state index contributed by atoms with van der Waals surface area (Å²) < 4.78 is 14.2. The van der Waals surface area contributed by atoms with Crippen molar-refractivity contribution in [1.29, 1.82) is 0 Å². The van der Waals surface area contributed by atoms with Gasteiger partial charge in [0, 0.05) is 18.0 Å². The van der Waals surface area contributed by atoms with Crippen LogP contribution in [0.5, 0.6) is 0 Å². The molecule has 2 unspecified atom stereocenters. The standard InChI is InChI=1S/C16H13FN2S/c17-11-6-7-15-14(8-11)19-16(20-15)18-13-9-12(13)10-4-2-1-3-5-10/h1-8,12-13H,9H2,(H,18,19). The number of anilines is 1. The molecule has 1 saturated carbocycles. The van der Waals surface area contributed by atoms with Gasteiger partial charge < -0.3 is 5.32 Å². The second-order valence-electron chi connectivity index (χ2n) is 5.13. The maximum absolute atomic E-state index is 13.1. The van der Waals surface area contributed by atoms with Crippen LogP contribution in [0.3, 0.4) is 0 Å². The minimum absolute atomic E-state index is 0.233. The van der Waals surface area contributed by atoms with Crippen LogP contribution in [0.1, 0.15) is 17.9 Å². The molecule has 2 aromatic carbocycles. The fourth-order valence-corrected chi connectivity index (χ4v) is 3.45. The predicted octanol–water partition coefficient (Wildman–Crippen LogP) is 4.40. The average Bonchev–Trinajstić information content (AvgIpc) is 3.10. The van der Waals surface area contributed by atoms with Crippen LogP contribution in [0.2, 0.25) is 0 Å². The number of nitrogens with one attached hydrogen (secondary N) is 1. The molecule has 4 rings (SSSR count).